The van der Waals surface area contributed by atoms with Gasteiger partial charge in [0.15, 0.2) is 14.1 Å². The summed E-state index contributed by atoms with van der Waals surface area (Å²) in [6, 6.07) is 2.99. The zero-order chi connectivity index (χ0) is 31.3. The number of terminal acetylenes is 1. The Balaban J connectivity index is 2.19. The van der Waals surface area contributed by atoms with Gasteiger partial charge in [-0.25, -0.2) is 0 Å². The molecule has 42 heavy (non-hydrogen) atoms. The average molecular weight is 601 g/mol. The maximum absolute atomic E-state index is 13.2. The lowest BCUT2D eigenvalue weighted by molar-refractivity contribution is -0.168. The highest BCUT2D eigenvalue weighted by Gasteiger charge is 2.45. The SMILES string of the molecule is C#CC[C@@H](C)[C@@H](OC(=O)[C@@H](C)[CH][CH][CH][CH2])[C@H](O[Si](CC)(CC)CC)[C@@H]1CC[C@H](CC/C=C/[C@H]2OC(C)(C)O[C@@H]2C=C)O1. The van der Waals surface area contributed by atoms with Gasteiger partial charge in [0.1, 0.15) is 24.4 Å². The molecule has 0 N–H and O–H groups in total. The van der Waals surface area contributed by atoms with E-state index in [9.17, 15) is 4.79 Å². The van der Waals surface area contributed by atoms with Crippen molar-refractivity contribution in [3.63, 3.8) is 0 Å². The van der Waals surface area contributed by atoms with Crippen LogP contribution in [0.5, 0.6) is 0 Å². The summed E-state index contributed by atoms with van der Waals surface area (Å²) < 4.78 is 32.0. The van der Waals surface area contributed by atoms with Crippen LogP contribution in [-0.4, -0.2) is 56.7 Å². The first-order valence-corrected chi connectivity index (χ1v) is 18.4. The van der Waals surface area contributed by atoms with Crippen LogP contribution in [0, 0.1) is 50.4 Å². The van der Waals surface area contributed by atoms with Crippen LogP contribution in [0.3, 0.4) is 0 Å². The van der Waals surface area contributed by atoms with Crippen LogP contribution in [0.4, 0.5) is 0 Å². The molecule has 6 nitrogen and oxygen atoms in total. The zero-order valence-corrected chi connectivity index (χ0v) is 28.2. The van der Waals surface area contributed by atoms with E-state index in [0.717, 1.165) is 43.8 Å². The van der Waals surface area contributed by atoms with E-state index in [1.807, 2.05) is 20.8 Å². The maximum Gasteiger partial charge on any atom is 0.309 e. The lowest BCUT2D eigenvalue weighted by atomic mass is 9.92. The summed E-state index contributed by atoms with van der Waals surface area (Å²) in [5, 5.41) is 0. The normalized spacial score (nSPS) is 26.9. The van der Waals surface area contributed by atoms with Gasteiger partial charge >= 0.3 is 5.97 Å². The molecule has 2 rings (SSSR count). The molecular weight excluding hydrogens is 544 g/mol. The summed E-state index contributed by atoms with van der Waals surface area (Å²) in [4.78, 5) is 13.2. The summed E-state index contributed by atoms with van der Waals surface area (Å²) in [6.07, 6.45) is 19.8. The van der Waals surface area contributed by atoms with Crippen molar-refractivity contribution in [3.05, 3.63) is 51.0 Å². The number of allylic oxidation sites excluding steroid dienone is 1. The molecule has 0 aromatic heterocycles. The van der Waals surface area contributed by atoms with Crippen LogP contribution in [-0.2, 0) is 28.2 Å². The molecule has 0 aromatic rings. The van der Waals surface area contributed by atoms with E-state index in [1.165, 1.54) is 0 Å². The van der Waals surface area contributed by atoms with Gasteiger partial charge in [-0.05, 0) is 83.8 Å². The topological polar surface area (TPSA) is 63.2 Å². The summed E-state index contributed by atoms with van der Waals surface area (Å²) in [6.45, 7) is 22.0. The molecule has 8 atom stereocenters. The van der Waals surface area contributed by atoms with Gasteiger partial charge in [-0.2, -0.15) is 0 Å². The molecule has 0 aliphatic carbocycles. The third-order valence-corrected chi connectivity index (χ3v) is 13.3. The van der Waals surface area contributed by atoms with Crippen LogP contribution in [0.15, 0.2) is 24.8 Å². The minimum absolute atomic E-state index is 0.0712. The second-order valence-electron chi connectivity index (χ2n) is 12.2. The highest BCUT2D eigenvalue weighted by molar-refractivity contribution is 6.73. The maximum atomic E-state index is 13.2. The van der Waals surface area contributed by atoms with Gasteiger partial charge in [0.2, 0.25) is 0 Å². The first-order chi connectivity index (χ1) is 20.0. The van der Waals surface area contributed by atoms with Crippen LogP contribution in [0.2, 0.25) is 18.1 Å². The quantitative estimate of drug-likeness (QED) is 0.0658. The second kappa shape index (κ2) is 17.8. The molecule has 236 valence electrons. The first kappa shape index (κ1) is 36.8. The molecule has 0 spiro atoms. The summed E-state index contributed by atoms with van der Waals surface area (Å²) in [5.74, 6) is 1.40. The van der Waals surface area contributed by atoms with E-state index >= 15 is 0 Å². The Morgan fingerprint density at radius 1 is 1.14 bits per heavy atom. The molecule has 4 radical (unpaired) electrons. The molecule has 2 aliphatic rings. The van der Waals surface area contributed by atoms with Crippen molar-refractivity contribution >= 4 is 14.3 Å². The van der Waals surface area contributed by atoms with Crippen LogP contribution < -0.4 is 0 Å². The predicted octanol–water partition coefficient (Wildman–Crippen LogP) is 7.62. The highest BCUT2D eigenvalue weighted by Crippen LogP contribution is 2.36. The van der Waals surface area contributed by atoms with Gasteiger partial charge in [0.25, 0.3) is 0 Å². The van der Waals surface area contributed by atoms with Crippen molar-refractivity contribution < 1.29 is 28.2 Å². The zero-order valence-electron chi connectivity index (χ0n) is 27.2. The van der Waals surface area contributed by atoms with Crippen LogP contribution >= 0.6 is 0 Å². The van der Waals surface area contributed by atoms with Crippen molar-refractivity contribution in [2.24, 2.45) is 11.8 Å². The number of hydrogen-bond donors (Lipinski definition) is 0. The fraction of sp³-hybridized carbons (Fsp3) is 0.686. The predicted molar refractivity (Wildman–Crippen MR) is 172 cm³/mol. The molecule has 0 unspecified atom stereocenters. The number of carbonyl (C=O) groups excluding carboxylic acids is 1. The third kappa shape index (κ3) is 10.6. The molecule has 0 saturated carbocycles. The fourth-order valence-electron chi connectivity index (χ4n) is 5.87. The summed E-state index contributed by atoms with van der Waals surface area (Å²) in [5.41, 5.74) is 0. The molecule has 2 fully saturated rings. The first-order valence-electron chi connectivity index (χ1n) is 15.9. The summed E-state index contributed by atoms with van der Waals surface area (Å²) in [7, 11) is -2.06. The third-order valence-electron chi connectivity index (χ3n) is 8.69. The minimum atomic E-state index is -2.06. The largest absolute Gasteiger partial charge is 0.459 e. The van der Waals surface area contributed by atoms with E-state index in [0.29, 0.717) is 6.42 Å². The van der Waals surface area contributed by atoms with E-state index in [-0.39, 0.29) is 42.4 Å². The average Bonchev–Trinajstić information content (AvgIpc) is 3.57. The van der Waals surface area contributed by atoms with Crippen molar-refractivity contribution in [1.82, 2.24) is 0 Å². The standard InChI is InChI=1S/C35H56O6Si/c1-11-17-21-27(8)34(36)38-32(26(7)20-12-2)33(41-42(14-4,15-5)16-6)31-25-24-28(37-31)22-18-19-23-30-29(13-3)39-35(9,10)40-30/h2,11,13,17,19,21,23,26-33H,1,3,14-16,18,20,22,24-25H2,4-10H3/b23-19+/t26-,27+,28+,29-,30-,31+,32-,33-/m1/s1. The molecule has 7 heteroatoms. The molecule has 2 heterocycles. The Hall–Kier alpha value is -1.43. The van der Waals surface area contributed by atoms with Crippen molar-refractivity contribution in [1.29, 1.82) is 0 Å². The number of unbranched alkanes of at least 4 members (excludes halogenated alkanes) is 1. The van der Waals surface area contributed by atoms with Crippen LogP contribution in [0.1, 0.15) is 80.6 Å². The Morgan fingerprint density at radius 2 is 1.81 bits per heavy atom. The fourth-order valence-corrected chi connectivity index (χ4v) is 8.73. The van der Waals surface area contributed by atoms with Gasteiger partial charge in [-0.1, -0.05) is 52.8 Å². The van der Waals surface area contributed by atoms with Gasteiger partial charge in [-0.3, -0.25) is 4.79 Å². The molecule has 2 saturated heterocycles. The lowest BCUT2D eigenvalue weighted by Crippen LogP contribution is -2.52. The lowest BCUT2D eigenvalue weighted by Gasteiger charge is -2.41. The van der Waals surface area contributed by atoms with Crippen molar-refractivity contribution in [2.45, 2.75) is 141 Å². The Kier molecular flexibility index (Phi) is 15.5. The second-order valence-corrected chi connectivity index (χ2v) is 16.9. The number of hydrogen-bond acceptors (Lipinski definition) is 6. The highest BCUT2D eigenvalue weighted by atomic mass is 28.4. The van der Waals surface area contributed by atoms with E-state index in [1.54, 1.807) is 25.3 Å². The number of ether oxygens (including phenoxy) is 4. The summed E-state index contributed by atoms with van der Waals surface area (Å²) >= 11 is 0. The smallest absolute Gasteiger partial charge is 0.309 e. The Morgan fingerprint density at radius 3 is 2.40 bits per heavy atom. The van der Waals surface area contributed by atoms with Gasteiger partial charge in [-0.15, -0.1) is 18.9 Å². The van der Waals surface area contributed by atoms with Gasteiger partial charge in [0.05, 0.1) is 18.1 Å². The van der Waals surface area contributed by atoms with E-state index in [2.05, 4.69) is 59.3 Å². The Bertz CT molecular complexity index is 882. The molecule has 0 bridgehead atoms. The minimum Gasteiger partial charge on any atom is -0.459 e. The van der Waals surface area contributed by atoms with Crippen molar-refractivity contribution in [3.8, 4) is 12.3 Å². The monoisotopic (exact) mass is 600 g/mol. The Labute approximate surface area is 258 Å². The molecular formula is C35H56O6Si. The van der Waals surface area contributed by atoms with Crippen molar-refractivity contribution in [2.75, 3.05) is 0 Å². The molecule has 0 aromatic carbocycles. The number of rotatable bonds is 19. The van der Waals surface area contributed by atoms with E-state index in [4.69, 9.17) is 29.8 Å². The van der Waals surface area contributed by atoms with Gasteiger partial charge < -0.3 is 23.4 Å². The van der Waals surface area contributed by atoms with E-state index < -0.39 is 26.1 Å². The number of esters is 1. The van der Waals surface area contributed by atoms with Gasteiger partial charge in [0, 0.05) is 12.3 Å². The van der Waals surface area contributed by atoms with Crippen LogP contribution in [0.25, 0.3) is 0 Å². The number of carbonyl (C=O) groups is 1. The molecule has 0 amide bonds. The molecule has 2 aliphatic heterocycles.